The van der Waals surface area contributed by atoms with Crippen LogP contribution < -0.4 is 5.69 Å². The average molecular weight is 553 g/mol. The number of imidazole rings is 1. The van der Waals surface area contributed by atoms with Crippen LogP contribution in [0.4, 0.5) is 0 Å². The molecule has 3 heterocycles. The van der Waals surface area contributed by atoms with Crippen LogP contribution in [0.1, 0.15) is 0 Å². The van der Waals surface area contributed by atoms with Crippen LogP contribution in [0.2, 0.25) is 0 Å². The van der Waals surface area contributed by atoms with Gasteiger partial charge < -0.3 is 4.57 Å². The predicted molar refractivity (Wildman–Crippen MR) is 176 cm³/mol. The predicted octanol–water partition coefficient (Wildman–Crippen LogP) is 8.56. The number of nitrogens with zero attached hydrogens (tertiary/aromatic N) is 4. The van der Waals surface area contributed by atoms with Crippen LogP contribution >= 0.6 is 0 Å². The summed E-state index contributed by atoms with van der Waals surface area (Å²) in [6.45, 7) is 0. The summed E-state index contributed by atoms with van der Waals surface area (Å²) in [6.07, 6.45) is 0. The monoisotopic (exact) mass is 552 g/mol. The molecule has 0 spiro atoms. The Kier molecular flexibility index (Phi) is 4.98. The van der Waals surface area contributed by atoms with Gasteiger partial charge in [-0.25, -0.2) is 14.2 Å². The summed E-state index contributed by atoms with van der Waals surface area (Å²) in [5.41, 5.74) is 9.36. The number of rotatable bonds is 3. The minimum Gasteiger partial charge on any atom is -0.309 e. The molecule has 0 unspecified atom stereocenters. The van der Waals surface area contributed by atoms with Gasteiger partial charge in [0.15, 0.2) is 5.65 Å². The zero-order valence-electron chi connectivity index (χ0n) is 23.1. The molecule has 0 radical (unpaired) electrons. The fraction of sp³-hybridized carbons (Fsp3) is 0. The van der Waals surface area contributed by atoms with E-state index in [9.17, 15) is 4.79 Å². The van der Waals surface area contributed by atoms with Crippen molar-refractivity contribution in [3.63, 3.8) is 0 Å². The minimum absolute atomic E-state index is 0.138. The third-order valence-corrected chi connectivity index (χ3v) is 8.46. The highest BCUT2D eigenvalue weighted by Gasteiger charge is 2.18. The SMILES string of the molecule is O=c1n(-c2ccccc2)c2ccccc2c2nc3ccc(-c4ccc5c(c4)c4ccccc4n5-c4ccccc4)cc3n12. The molecular formula is C38H24N4O. The number of para-hydroxylation sites is 4. The van der Waals surface area contributed by atoms with Gasteiger partial charge in [0.2, 0.25) is 0 Å². The van der Waals surface area contributed by atoms with Gasteiger partial charge in [0.05, 0.1) is 33.3 Å². The van der Waals surface area contributed by atoms with E-state index in [4.69, 9.17) is 4.98 Å². The number of hydrogen-bond donors (Lipinski definition) is 0. The van der Waals surface area contributed by atoms with E-state index < -0.39 is 0 Å². The van der Waals surface area contributed by atoms with E-state index in [1.807, 2.05) is 66.7 Å². The molecule has 0 bridgehead atoms. The second kappa shape index (κ2) is 9.03. The number of benzene rings is 6. The molecule has 3 aromatic heterocycles. The van der Waals surface area contributed by atoms with Crippen molar-refractivity contribution in [2.75, 3.05) is 0 Å². The van der Waals surface area contributed by atoms with Gasteiger partial charge in [0.1, 0.15) is 0 Å². The van der Waals surface area contributed by atoms with Gasteiger partial charge in [0, 0.05) is 21.8 Å². The lowest BCUT2D eigenvalue weighted by molar-refractivity contribution is 0.932. The first kappa shape index (κ1) is 23.7. The van der Waals surface area contributed by atoms with Crippen molar-refractivity contribution < 1.29 is 0 Å². The third-order valence-electron chi connectivity index (χ3n) is 8.46. The van der Waals surface area contributed by atoms with Crippen molar-refractivity contribution in [2.45, 2.75) is 0 Å². The molecule has 0 saturated heterocycles. The summed E-state index contributed by atoms with van der Waals surface area (Å²) in [7, 11) is 0. The molecule has 9 aromatic rings. The van der Waals surface area contributed by atoms with Crippen LogP contribution in [0.5, 0.6) is 0 Å². The molecule has 0 aliphatic heterocycles. The summed E-state index contributed by atoms with van der Waals surface area (Å²) in [6, 6.07) is 49.6. The zero-order chi connectivity index (χ0) is 28.5. The normalized spacial score (nSPS) is 11.8. The molecule has 0 saturated carbocycles. The lowest BCUT2D eigenvalue weighted by Crippen LogP contribution is -2.25. The van der Waals surface area contributed by atoms with Gasteiger partial charge in [-0.15, -0.1) is 0 Å². The topological polar surface area (TPSA) is 44.2 Å². The van der Waals surface area contributed by atoms with Crippen molar-refractivity contribution in [3.8, 4) is 22.5 Å². The Morgan fingerprint density at radius 3 is 1.74 bits per heavy atom. The molecule has 202 valence electrons. The van der Waals surface area contributed by atoms with E-state index in [1.54, 1.807) is 8.97 Å². The molecule has 0 fully saturated rings. The summed E-state index contributed by atoms with van der Waals surface area (Å²) >= 11 is 0. The molecule has 6 aromatic carbocycles. The first-order valence-electron chi connectivity index (χ1n) is 14.4. The fourth-order valence-electron chi connectivity index (χ4n) is 6.52. The third kappa shape index (κ3) is 3.45. The highest BCUT2D eigenvalue weighted by atomic mass is 16.1. The maximum atomic E-state index is 14.2. The van der Waals surface area contributed by atoms with Crippen molar-refractivity contribution in [1.29, 1.82) is 0 Å². The largest absolute Gasteiger partial charge is 0.339 e. The summed E-state index contributed by atoms with van der Waals surface area (Å²) in [5.74, 6) is 0. The van der Waals surface area contributed by atoms with Crippen molar-refractivity contribution in [3.05, 3.63) is 156 Å². The highest BCUT2D eigenvalue weighted by Crippen LogP contribution is 2.35. The number of aromatic nitrogens is 4. The van der Waals surface area contributed by atoms with Gasteiger partial charge in [-0.05, 0) is 77.9 Å². The molecule has 0 amide bonds. The van der Waals surface area contributed by atoms with E-state index in [-0.39, 0.29) is 5.69 Å². The lowest BCUT2D eigenvalue weighted by atomic mass is 10.0. The maximum absolute atomic E-state index is 14.2. The first-order chi connectivity index (χ1) is 21.3. The van der Waals surface area contributed by atoms with Crippen LogP contribution in [0.3, 0.4) is 0 Å². The molecule has 0 atom stereocenters. The lowest BCUT2D eigenvalue weighted by Gasteiger charge is -2.12. The average Bonchev–Trinajstić information content (AvgIpc) is 3.62. The zero-order valence-corrected chi connectivity index (χ0v) is 23.1. The van der Waals surface area contributed by atoms with E-state index in [0.717, 1.165) is 50.0 Å². The van der Waals surface area contributed by atoms with Crippen LogP contribution in [0.15, 0.2) is 150 Å². The second-order valence-electron chi connectivity index (χ2n) is 10.9. The van der Waals surface area contributed by atoms with Crippen LogP contribution in [0.25, 0.3) is 71.9 Å². The summed E-state index contributed by atoms with van der Waals surface area (Å²) in [5, 5.41) is 3.32. The van der Waals surface area contributed by atoms with E-state index in [1.165, 1.54) is 16.3 Å². The second-order valence-corrected chi connectivity index (χ2v) is 10.9. The summed E-state index contributed by atoms with van der Waals surface area (Å²) in [4.78, 5) is 19.2. The molecule has 5 heteroatoms. The Labute approximate surface area is 246 Å². The van der Waals surface area contributed by atoms with Gasteiger partial charge in [-0.1, -0.05) is 78.9 Å². The summed E-state index contributed by atoms with van der Waals surface area (Å²) < 4.78 is 5.86. The van der Waals surface area contributed by atoms with Gasteiger partial charge in [-0.3, -0.25) is 4.57 Å². The quantitative estimate of drug-likeness (QED) is 0.220. The Hall–Kier alpha value is -5.94. The Balaban J connectivity index is 1.30. The Morgan fingerprint density at radius 2 is 1.00 bits per heavy atom. The van der Waals surface area contributed by atoms with E-state index in [0.29, 0.717) is 5.65 Å². The highest BCUT2D eigenvalue weighted by molar-refractivity contribution is 6.10. The molecule has 5 nitrogen and oxygen atoms in total. The Morgan fingerprint density at radius 1 is 0.442 bits per heavy atom. The standard InChI is InChI=1S/C38H24N4O/c43-38-41(28-13-5-2-6-14-28)34-18-10-8-16-30(34)37-39-32-21-19-26(24-36(32)42(37)38)25-20-22-35-31(23-25)29-15-7-9-17-33(29)40(35)27-11-3-1-4-12-27/h1-24H. The first-order valence-corrected chi connectivity index (χ1v) is 14.4. The van der Waals surface area contributed by atoms with Crippen molar-refractivity contribution >= 4 is 49.4 Å². The maximum Gasteiger partial charge on any atom is 0.339 e. The minimum atomic E-state index is -0.138. The van der Waals surface area contributed by atoms with Crippen molar-refractivity contribution in [1.82, 2.24) is 18.5 Å². The van der Waals surface area contributed by atoms with Gasteiger partial charge >= 0.3 is 5.69 Å². The molecule has 9 rings (SSSR count). The Bertz CT molecular complexity index is 2570. The van der Waals surface area contributed by atoms with Crippen LogP contribution in [0, 0.1) is 0 Å². The smallest absolute Gasteiger partial charge is 0.309 e. The van der Waals surface area contributed by atoms with Gasteiger partial charge in [-0.2, -0.15) is 0 Å². The van der Waals surface area contributed by atoms with Crippen LogP contribution in [-0.4, -0.2) is 18.5 Å². The molecule has 0 N–H and O–H groups in total. The van der Waals surface area contributed by atoms with E-state index >= 15 is 0 Å². The fourth-order valence-corrected chi connectivity index (χ4v) is 6.52. The molecule has 0 aliphatic carbocycles. The number of fused-ring (bicyclic) bond motifs is 8. The van der Waals surface area contributed by atoms with Gasteiger partial charge in [0.25, 0.3) is 0 Å². The number of hydrogen-bond acceptors (Lipinski definition) is 2. The van der Waals surface area contributed by atoms with E-state index in [2.05, 4.69) is 83.4 Å². The molecule has 0 aliphatic rings. The molecule has 43 heavy (non-hydrogen) atoms. The molecular weight excluding hydrogens is 528 g/mol. The van der Waals surface area contributed by atoms with Crippen molar-refractivity contribution in [2.24, 2.45) is 0 Å². The van der Waals surface area contributed by atoms with Crippen LogP contribution in [-0.2, 0) is 0 Å².